The van der Waals surface area contributed by atoms with E-state index in [9.17, 15) is 0 Å². The second-order valence-corrected chi connectivity index (χ2v) is 4.24. The molecule has 1 aliphatic rings. The monoisotopic (exact) mass is 206 g/mol. The fraction of sp³-hybridized carbons (Fsp3) is 0.636. The maximum Gasteiger partial charge on any atom is 0.132 e. The number of aryl methyl sites for hydroxylation is 1. The molecule has 1 aromatic heterocycles. The van der Waals surface area contributed by atoms with Crippen molar-refractivity contribution in [3.63, 3.8) is 0 Å². The zero-order chi connectivity index (χ0) is 10.8. The third kappa shape index (κ3) is 2.26. The number of nitrogens with one attached hydrogen (secondary N) is 1. The van der Waals surface area contributed by atoms with Gasteiger partial charge in [-0.3, -0.25) is 0 Å². The molecule has 1 saturated heterocycles. The minimum Gasteiger partial charge on any atom is -0.363 e. The van der Waals surface area contributed by atoms with Crippen LogP contribution in [0.25, 0.3) is 0 Å². The van der Waals surface area contributed by atoms with E-state index in [0.29, 0.717) is 6.04 Å². The lowest BCUT2D eigenvalue weighted by Crippen LogP contribution is -2.18. The van der Waals surface area contributed by atoms with Crippen LogP contribution >= 0.6 is 0 Å². The molecule has 1 fully saturated rings. The highest BCUT2D eigenvalue weighted by Gasteiger charge is 2.18. The maximum atomic E-state index is 4.50. The molecule has 1 unspecified atom stereocenters. The predicted molar refractivity (Wildman–Crippen MR) is 61.1 cm³/mol. The van der Waals surface area contributed by atoms with Gasteiger partial charge in [0.1, 0.15) is 11.6 Å². The summed E-state index contributed by atoms with van der Waals surface area (Å²) in [5, 5.41) is 3.46. The number of aromatic nitrogens is 2. The highest BCUT2D eigenvalue weighted by Crippen LogP contribution is 2.23. The number of anilines is 1. The Hall–Kier alpha value is -1.16. The first-order valence-electron chi connectivity index (χ1n) is 5.43. The zero-order valence-corrected chi connectivity index (χ0v) is 9.62. The fourth-order valence-corrected chi connectivity index (χ4v) is 1.92. The Kier molecular flexibility index (Phi) is 2.86. The van der Waals surface area contributed by atoms with Gasteiger partial charge in [0, 0.05) is 26.2 Å². The summed E-state index contributed by atoms with van der Waals surface area (Å²) in [4.78, 5) is 10.9. The number of hydrogen-bond acceptors (Lipinski definition) is 4. The van der Waals surface area contributed by atoms with E-state index in [4.69, 9.17) is 0 Å². The van der Waals surface area contributed by atoms with E-state index >= 15 is 0 Å². The molecule has 0 spiro atoms. The van der Waals surface area contributed by atoms with Crippen LogP contribution in [0.1, 0.15) is 30.4 Å². The van der Waals surface area contributed by atoms with Gasteiger partial charge in [-0.25, -0.2) is 9.97 Å². The lowest BCUT2D eigenvalue weighted by molar-refractivity contribution is 0.622. The van der Waals surface area contributed by atoms with Crippen LogP contribution < -0.4 is 10.2 Å². The van der Waals surface area contributed by atoms with E-state index in [0.717, 1.165) is 23.9 Å². The molecule has 4 nitrogen and oxygen atoms in total. The first-order valence-corrected chi connectivity index (χ1v) is 5.43. The summed E-state index contributed by atoms with van der Waals surface area (Å²) in [5.74, 6) is 1.84. The molecular formula is C11H18N4. The van der Waals surface area contributed by atoms with E-state index in [2.05, 4.69) is 21.4 Å². The van der Waals surface area contributed by atoms with Gasteiger partial charge < -0.3 is 10.2 Å². The molecule has 0 bridgehead atoms. The Labute approximate surface area is 90.7 Å². The summed E-state index contributed by atoms with van der Waals surface area (Å²) in [6, 6.07) is 2.50. The van der Waals surface area contributed by atoms with Crippen LogP contribution in [-0.4, -0.2) is 30.6 Å². The van der Waals surface area contributed by atoms with E-state index in [-0.39, 0.29) is 0 Å². The van der Waals surface area contributed by atoms with Gasteiger partial charge in [0.15, 0.2) is 0 Å². The van der Waals surface area contributed by atoms with E-state index in [1.165, 1.54) is 12.8 Å². The second kappa shape index (κ2) is 4.14. The van der Waals surface area contributed by atoms with Crippen molar-refractivity contribution in [2.24, 2.45) is 0 Å². The average Bonchev–Trinajstić information content (AvgIpc) is 2.69. The van der Waals surface area contributed by atoms with Crippen molar-refractivity contribution in [3.8, 4) is 0 Å². The first-order chi connectivity index (χ1) is 7.16. The lowest BCUT2D eigenvalue weighted by Gasteiger charge is -2.15. The topological polar surface area (TPSA) is 41.1 Å². The van der Waals surface area contributed by atoms with Crippen LogP contribution in [0.15, 0.2) is 6.07 Å². The maximum absolute atomic E-state index is 4.50. The van der Waals surface area contributed by atoms with Gasteiger partial charge in [-0.05, 0) is 26.3 Å². The zero-order valence-electron chi connectivity index (χ0n) is 9.62. The number of rotatable bonds is 2. The number of hydrogen-bond donors (Lipinski definition) is 1. The molecule has 1 atom stereocenters. The van der Waals surface area contributed by atoms with E-state index < -0.39 is 0 Å². The summed E-state index contributed by atoms with van der Waals surface area (Å²) < 4.78 is 0. The van der Waals surface area contributed by atoms with Crippen LogP contribution in [0, 0.1) is 6.92 Å². The molecule has 1 N–H and O–H groups in total. The number of nitrogens with zero attached hydrogens (tertiary/aromatic N) is 3. The van der Waals surface area contributed by atoms with Crippen molar-refractivity contribution < 1.29 is 0 Å². The van der Waals surface area contributed by atoms with Gasteiger partial charge in [0.05, 0.1) is 5.69 Å². The van der Waals surface area contributed by atoms with Crippen molar-refractivity contribution in [1.29, 1.82) is 0 Å². The highest BCUT2D eigenvalue weighted by atomic mass is 15.2. The smallest absolute Gasteiger partial charge is 0.132 e. The summed E-state index contributed by atoms with van der Waals surface area (Å²) >= 11 is 0. The Morgan fingerprint density at radius 1 is 1.40 bits per heavy atom. The van der Waals surface area contributed by atoms with Gasteiger partial charge in [-0.1, -0.05) is 0 Å². The normalized spacial score (nSPS) is 20.6. The third-order valence-corrected chi connectivity index (χ3v) is 2.72. The molecule has 2 rings (SSSR count). The van der Waals surface area contributed by atoms with Crippen LogP contribution in [0.3, 0.4) is 0 Å². The molecule has 0 amide bonds. The Morgan fingerprint density at radius 3 is 2.80 bits per heavy atom. The van der Waals surface area contributed by atoms with Gasteiger partial charge in [0.2, 0.25) is 0 Å². The first kappa shape index (κ1) is 10.4. The molecule has 1 aromatic rings. The SMILES string of the molecule is Cc1nc(C2CCCN2)cc(N(C)C)n1. The molecule has 1 aliphatic heterocycles. The average molecular weight is 206 g/mol. The summed E-state index contributed by atoms with van der Waals surface area (Å²) in [5.41, 5.74) is 1.13. The largest absolute Gasteiger partial charge is 0.363 e. The van der Waals surface area contributed by atoms with Crippen molar-refractivity contribution in [2.75, 3.05) is 25.5 Å². The molecule has 0 aromatic carbocycles. The van der Waals surface area contributed by atoms with Gasteiger partial charge in [-0.15, -0.1) is 0 Å². The molecule has 82 valence electrons. The Bertz CT molecular complexity index is 342. The molecule has 0 radical (unpaired) electrons. The van der Waals surface area contributed by atoms with Crippen molar-refractivity contribution >= 4 is 5.82 Å². The Balaban J connectivity index is 2.30. The molecule has 4 heteroatoms. The summed E-state index contributed by atoms with van der Waals surface area (Å²) in [7, 11) is 4.02. The van der Waals surface area contributed by atoms with Crippen LogP contribution in [0.5, 0.6) is 0 Å². The minimum absolute atomic E-state index is 0.422. The molecule has 0 saturated carbocycles. The van der Waals surface area contributed by atoms with Gasteiger partial charge in [-0.2, -0.15) is 0 Å². The van der Waals surface area contributed by atoms with E-state index in [1.807, 2.05) is 25.9 Å². The molecule has 15 heavy (non-hydrogen) atoms. The van der Waals surface area contributed by atoms with Gasteiger partial charge >= 0.3 is 0 Å². The summed E-state index contributed by atoms with van der Waals surface area (Å²) in [6.45, 7) is 3.05. The highest BCUT2D eigenvalue weighted by molar-refractivity contribution is 5.38. The molecular weight excluding hydrogens is 188 g/mol. The van der Waals surface area contributed by atoms with Crippen LogP contribution in [0.2, 0.25) is 0 Å². The quantitative estimate of drug-likeness (QED) is 0.791. The van der Waals surface area contributed by atoms with Crippen LogP contribution in [0.4, 0.5) is 5.82 Å². The summed E-state index contributed by atoms with van der Waals surface area (Å²) in [6.07, 6.45) is 2.42. The standard InChI is InChI=1S/C11H18N4/c1-8-13-10(9-5-4-6-12-9)7-11(14-8)15(2)3/h7,9,12H,4-6H2,1-3H3. The van der Waals surface area contributed by atoms with Gasteiger partial charge in [0.25, 0.3) is 0 Å². The molecule has 0 aliphatic carbocycles. The molecule has 2 heterocycles. The van der Waals surface area contributed by atoms with Crippen molar-refractivity contribution in [3.05, 3.63) is 17.6 Å². The fourth-order valence-electron chi connectivity index (χ4n) is 1.92. The Morgan fingerprint density at radius 2 is 2.20 bits per heavy atom. The van der Waals surface area contributed by atoms with Crippen molar-refractivity contribution in [2.45, 2.75) is 25.8 Å². The van der Waals surface area contributed by atoms with Crippen LogP contribution in [-0.2, 0) is 0 Å². The van der Waals surface area contributed by atoms with Crippen molar-refractivity contribution in [1.82, 2.24) is 15.3 Å². The van der Waals surface area contributed by atoms with E-state index in [1.54, 1.807) is 0 Å². The lowest BCUT2D eigenvalue weighted by atomic mass is 10.1. The second-order valence-electron chi connectivity index (χ2n) is 4.24. The predicted octanol–water partition coefficient (Wildman–Crippen LogP) is 1.28. The third-order valence-electron chi connectivity index (χ3n) is 2.72. The minimum atomic E-state index is 0.422.